The zero-order valence-corrected chi connectivity index (χ0v) is 10.9. The SMILES string of the molecule is CC1CC(Nc2cc3nc[nH]c(=O)c3cc2[N+](=O)[O-])C1. The van der Waals surface area contributed by atoms with E-state index in [0.717, 1.165) is 12.8 Å². The molecular weight excluding hydrogens is 260 g/mol. The van der Waals surface area contributed by atoms with Crippen LogP contribution >= 0.6 is 0 Å². The van der Waals surface area contributed by atoms with E-state index in [2.05, 4.69) is 22.2 Å². The van der Waals surface area contributed by atoms with Crippen molar-refractivity contribution in [2.45, 2.75) is 25.8 Å². The second-order valence-electron chi connectivity index (χ2n) is 5.29. The van der Waals surface area contributed by atoms with Gasteiger partial charge in [0.1, 0.15) is 5.69 Å². The number of nitro benzene ring substituents is 1. The largest absolute Gasteiger partial charge is 0.377 e. The molecule has 1 saturated carbocycles. The average Bonchev–Trinajstić information content (AvgIpc) is 2.36. The molecule has 1 aromatic carbocycles. The van der Waals surface area contributed by atoms with Crippen LogP contribution in [-0.2, 0) is 0 Å². The summed E-state index contributed by atoms with van der Waals surface area (Å²) in [5, 5.41) is 14.6. The predicted molar refractivity (Wildman–Crippen MR) is 74.8 cm³/mol. The number of benzene rings is 1. The van der Waals surface area contributed by atoms with Crippen LogP contribution < -0.4 is 10.9 Å². The Balaban J connectivity index is 2.07. The molecule has 7 nitrogen and oxygen atoms in total. The number of fused-ring (bicyclic) bond motifs is 1. The summed E-state index contributed by atoms with van der Waals surface area (Å²) in [5.41, 5.74) is 0.421. The molecule has 2 N–H and O–H groups in total. The minimum absolute atomic E-state index is 0.0875. The zero-order valence-electron chi connectivity index (χ0n) is 10.9. The van der Waals surface area contributed by atoms with Crippen molar-refractivity contribution in [3.8, 4) is 0 Å². The van der Waals surface area contributed by atoms with Gasteiger partial charge in [-0.05, 0) is 24.8 Å². The minimum Gasteiger partial charge on any atom is -0.377 e. The Bertz CT molecular complexity index is 734. The van der Waals surface area contributed by atoms with Gasteiger partial charge >= 0.3 is 0 Å². The van der Waals surface area contributed by atoms with Gasteiger partial charge in [0.2, 0.25) is 0 Å². The first kappa shape index (κ1) is 12.6. The number of hydrogen-bond acceptors (Lipinski definition) is 5. The van der Waals surface area contributed by atoms with Crippen LogP contribution in [0.3, 0.4) is 0 Å². The molecule has 0 saturated heterocycles. The number of anilines is 1. The van der Waals surface area contributed by atoms with Gasteiger partial charge in [-0.1, -0.05) is 6.92 Å². The molecule has 1 fully saturated rings. The molecule has 0 spiro atoms. The lowest BCUT2D eigenvalue weighted by molar-refractivity contribution is -0.383. The number of rotatable bonds is 3. The van der Waals surface area contributed by atoms with E-state index < -0.39 is 4.92 Å². The first-order valence-corrected chi connectivity index (χ1v) is 6.47. The summed E-state index contributed by atoms with van der Waals surface area (Å²) in [4.78, 5) is 28.8. The number of aromatic amines is 1. The van der Waals surface area contributed by atoms with Gasteiger partial charge in [0.15, 0.2) is 0 Å². The lowest BCUT2D eigenvalue weighted by atomic mass is 9.82. The fourth-order valence-corrected chi connectivity index (χ4v) is 2.61. The van der Waals surface area contributed by atoms with E-state index in [4.69, 9.17) is 0 Å². The van der Waals surface area contributed by atoms with E-state index in [1.165, 1.54) is 12.4 Å². The lowest BCUT2D eigenvalue weighted by Crippen LogP contribution is -2.34. The third-order valence-electron chi connectivity index (χ3n) is 3.69. The zero-order chi connectivity index (χ0) is 14.3. The van der Waals surface area contributed by atoms with Crippen molar-refractivity contribution in [3.63, 3.8) is 0 Å². The van der Waals surface area contributed by atoms with E-state index in [1.54, 1.807) is 6.07 Å². The summed E-state index contributed by atoms with van der Waals surface area (Å²) in [5.74, 6) is 0.646. The summed E-state index contributed by atoms with van der Waals surface area (Å²) in [6, 6.07) is 3.11. The van der Waals surface area contributed by atoms with Crippen molar-refractivity contribution >= 4 is 22.3 Å². The van der Waals surface area contributed by atoms with E-state index >= 15 is 0 Å². The number of hydrogen-bond donors (Lipinski definition) is 2. The van der Waals surface area contributed by atoms with E-state index in [9.17, 15) is 14.9 Å². The van der Waals surface area contributed by atoms with Crippen molar-refractivity contribution in [1.82, 2.24) is 9.97 Å². The molecule has 104 valence electrons. The lowest BCUT2D eigenvalue weighted by Gasteiger charge is -2.33. The highest BCUT2D eigenvalue weighted by atomic mass is 16.6. The molecule has 1 heterocycles. The molecule has 1 aromatic heterocycles. The predicted octanol–water partition coefficient (Wildman–Crippen LogP) is 2.04. The van der Waals surface area contributed by atoms with Gasteiger partial charge < -0.3 is 10.3 Å². The normalized spacial score (nSPS) is 21.4. The highest BCUT2D eigenvalue weighted by Gasteiger charge is 2.27. The Kier molecular flexibility index (Phi) is 2.89. The van der Waals surface area contributed by atoms with Crippen molar-refractivity contribution in [1.29, 1.82) is 0 Å². The average molecular weight is 274 g/mol. The van der Waals surface area contributed by atoms with Gasteiger partial charge in [0.05, 0.1) is 22.2 Å². The van der Waals surface area contributed by atoms with Gasteiger partial charge in [0.25, 0.3) is 11.2 Å². The Morgan fingerprint density at radius 3 is 2.85 bits per heavy atom. The van der Waals surface area contributed by atoms with Crippen molar-refractivity contribution in [2.24, 2.45) is 5.92 Å². The number of H-pyrrole nitrogens is 1. The summed E-state index contributed by atoms with van der Waals surface area (Å²) < 4.78 is 0. The second kappa shape index (κ2) is 4.59. The van der Waals surface area contributed by atoms with Crippen LogP contribution in [0.25, 0.3) is 10.9 Å². The number of nitro groups is 1. The summed E-state index contributed by atoms with van der Waals surface area (Å²) in [6.45, 7) is 2.15. The van der Waals surface area contributed by atoms with Crippen LogP contribution in [-0.4, -0.2) is 20.9 Å². The second-order valence-corrected chi connectivity index (χ2v) is 5.29. The fourth-order valence-electron chi connectivity index (χ4n) is 2.61. The van der Waals surface area contributed by atoms with E-state index in [0.29, 0.717) is 17.1 Å². The summed E-state index contributed by atoms with van der Waals surface area (Å²) in [7, 11) is 0. The number of nitrogens with zero attached hydrogens (tertiary/aromatic N) is 2. The molecule has 0 amide bonds. The van der Waals surface area contributed by atoms with Crippen LogP contribution in [0.1, 0.15) is 19.8 Å². The minimum atomic E-state index is -0.476. The molecule has 0 unspecified atom stereocenters. The summed E-state index contributed by atoms with van der Waals surface area (Å²) in [6.07, 6.45) is 3.29. The first-order valence-electron chi connectivity index (χ1n) is 6.47. The van der Waals surface area contributed by atoms with Gasteiger partial charge in [-0.15, -0.1) is 0 Å². The Morgan fingerprint density at radius 1 is 1.45 bits per heavy atom. The maximum absolute atomic E-state index is 11.7. The van der Waals surface area contributed by atoms with Crippen LogP contribution in [0.5, 0.6) is 0 Å². The van der Waals surface area contributed by atoms with Crippen LogP contribution in [0.15, 0.2) is 23.3 Å². The maximum Gasteiger partial charge on any atom is 0.293 e. The van der Waals surface area contributed by atoms with E-state index in [1.807, 2.05) is 0 Å². The molecule has 1 aliphatic rings. The third kappa shape index (κ3) is 2.11. The first-order chi connectivity index (χ1) is 9.54. The Labute approximate surface area is 114 Å². The van der Waals surface area contributed by atoms with Gasteiger partial charge in [-0.2, -0.15) is 0 Å². The third-order valence-corrected chi connectivity index (χ3v) is 3.69. The summed E-state index contributed by atoms with van der Waals surface area (Å²) >= 11 is 0. The molecule has 3 rings (SSSR count). The Morgan fingerprint density at radius 2 is 2.20 bits per heavy atom. The van der Waals surface area contributed by atoms with Crippen LogP contribution in [0.2, 0.25) is 0 Å². The fraction of sp³-hybridized carbons (Fsp3) is 0.385. The smallest absolute Gasteiger partial charge is 0.293 e. The van der Waals surface area contributed by atoms with Crippen molar-refractivity contribution in [3.05, 3.63) is 38.9 Å². The van der Waals surface area contributed by atoms with Crippen molar-refractivity contribution < 1.29 is 4.92 Å². The topological polar surface area (TPSA) is 101 Å². The number of nitrogens with one attached hydrogen (secondary N) is 2. The molecule has 0 bridgehead atoms. The maximum atomic E-state index is 11.7. The van der Waals surface area contributed by atoms with Crippen LogP contribution in [0.4, 0.5) is 11.4 Å². The molecule has 1 aliphatic carbocycles. The monoisotopic (exact) mass is 274 g/mol. The van der Waals surface area contributed by atoms with Gasteiger partial charge in [-0.25, -0.2) is 4.98 Å². The molecule has 0 radical (unpaired) electrons. The van der Waals surface area contributed by atoms with E-state index in [-0.39, 0.29) is 22.7 Å². The molecule has 7 heteroatoms. The molecule has 20 heavy (non-hydrogen) atoms. The quantitative estimate of drug-likeness (QED) is 0.658. The molecule has 0 aliphatic heterocycles. The standard InChI is InChI=1S/C13H14N4O3/c1-7-2-8(3-7)16-11-5-10-9(4-12(11)17(19)20)13(18)15-6-14-10/h4-8,16H,2-3H2,1H3,(H,14,15,18). The highest BCUT2D eigenvalue weighted by molar-refractivity contribution is 5.86. The Hall–Kier alpha value is -2.44. The van der Waals surface area contributed by atoms with Gasteiger partial charge in [-0.3, -0.25) is 14.9 Å². The van der Waals surface area contributed by atoms with Crippen molar-refractivity contribution in [2.75, 3.05) is 5.32 Å². The van der Waals surface area contributed by atoms with Gasteiger partial charge in [0, 0.05) is 12.1 Å². The number of aromatic nitrogens is 2. The molecule has 0 atom stereocenters. The van der Waals surface area contributed by atoms with Crippen LogP contribution in [0, 0.1) is 16.0 Å². The molecular formula is C13H14N4O3. The highest BCUT2D eigenvalue weighted by Crippen LogP contribution is 2.34. The molecule has 2 aromatic rings.